The highest BCUT2D eigenvalue weighted by molar-refractivity contribution is 7.90. The molecule has 0 aliphatic rings. The van der Waals surface area contributed by atoms with E-state index in [0.29, 0.717) is 18.0 Å². The van der Waals surface area contributed by atoms with Gasteiger partial charge in [0.2, 0.25) is 15.7 Å². The van der Waals surface area contributed by atoms with Gasteiger partial charge in [0.15, 0.2) is 5.82 Å². The summed E-state index contributed by atoms with van der Waals surface area (Å²) in [5.41, 5.74) is 0.304. The largest absolute Gasteiger partial charge is 0.436 e. The molecule has 7 nitrogen and oxygen atoms in total. The molecule has 0 amide bonds. The van der Waals surface area contributed by atoms with Crippen molar-refractivity contribution in [2.75, 3.05) is 0 Å². The summed E-state index contributed by atoms with van der Waals surface area (Å²) in [6.45, 7) is 7.76. The molecule has 2 rings (SSSR count). The average molecular weight is 313 g/mol. The highest BCUT2D eigenvalue weighted by Crippen LogP contribution is 2.24. The van der Waals surface area contributed by atoms with Crippen molar-refractivity contribution in [3.05, 3.63) is 23.7 Å². The van der Waals surface area contributed by atoms with Crippen LogP contribution >= 0.6 is 0 Å². The van der Waals surface area contributed by atoms with Crippen LogP contribution in [0.2, 0.25) is 0 Å². The van der Waals surface area contributed by atoms with E-state index in [4.69, 9.17) is 8.94 Å². The van der Waals surface area contributed by atoms with Crippen LogP contribution in [0, 0.1) is 0 Å². The molecule has 0 aliphatic carbocycles. The first kappa shape index (κ1) is 15.7. The summed E-state index contributed by atoms with van der Waals surface area (Å²) in [4.78, 5) is 8.09. The Labute approximate surface area is 123 Å². The summed E-state index contributed by atoms with van der Waals surface area (Å²) < 4.78 is 34.5. The summed E-state index contributed by atoms with van der Waals surface area (Å²) in [6.07, 6.45) is 2.84. The standard InChI is InChI=1S/C13H19N3O4S/c1-5-6-11-15-10(16-20-11)8-21(17,18)12-14-9(7-19-12)13(2,3)4/h7H,5-6,8H2,1-4H3. The van der Waals surface area contributed by atoms with Crippen LogP contribution in [-0.2, 0) is 27.4 Å². The lowest BCUT2D eigenvalue weighted by molar-refractivity contribution is 0.373. The number of hydrogen-bond acceptors (Lipinski definition) is 7. The molecule has 0 unspecified atom stereocenters. The zero-order chi connectivity index (χ0) is 15.7. The second kappa shape index (κ2) is 5.59. The SMILES string of the molecule is CCCc1nc(CS(=O)(=O)c2nc(C(C)(C)C)co2)no1. The number of sulfone groups is 1. The number of aromatic nitrogens is 3. The summed E-state index contributed by atoms with van der Waals surface area (Å²) >= 11 is 0. The minimum absolute atomic E-state index is 0.119. The molecular weight excluding hydrogens is 294 g/mol. The maximum Gasteiger partial charge on any atom is 0.315 e. The molecule has 2 heterocycles. The van der Waals surface area contributed by atoms with Crippen LogP contribution in [0.25, 0.3) is 0 Å². The highest BCUT2D eigenvalue weighted by Gasteiger charge is 2.27. The Balaban J connectivity index is 2.19. The Morgan fingerprint density at radius 3 is 2.52 bits per heavy atom. The van der Waals surface area contributed by atoms with Crippen LogP contribution in [0.5, 0.6) is 0 Å². The van der Waals surface area contributed by atoms with Gasteiger partial charge in [-0.3, -0.25) is 0 Å². The van der Waals surface area contributed by atoms with Crippen LogP contribution in [0.1, 0.15) is 51.5 Å². The Morgan fingerprint density at radius 1 is 1.24 bits per heavy atom. The second-order valence-electron chi connectivity index (χ2n) is 5.86. The summed E-state index contributed by atoms with van der Waals surface area (Å²) in [5.74, 6) is 0.170. The van der Waals surface area contributed by atoms with Gasteiger partial charge in [-0.25, -0.2) is 13.4 Å². The summed E-state index contributed by atoms with van der Waals surface area (Å²) in [5, 5.41) is 3.36. The van der Waals surface area contributed by atoms with Gasteiger partial charge in [-0.15, -0.1) is 0 Å². The van der Waals surface area contributed by atoms with Gasteiger partial charge in [-0.05, 0) is 6.42 Å². The predicted molar refractivity (Wildman–Crippen MR) is 74.4 cm³/mol. The number of oxazole rings is 1. The molecule has 0 aliphatic heterocycles. The molecule has 2 aromatic heterocycles. The minimum atomic E-state index is -3.72. The topological polar surface area (TPSA) is 99.1 Å². The highest BCUT2D eigenvalue weighted by atomic mass is 32.2. The Hall–Kier alpha value is -1.70. The van der Waals surface area contributed by atoms with Crippen LogP contribution in [0.4, 0.5) is 0 Å². The van der Waals surface area contributed by atoms with Gasteiger partial charge < -0.3 is 8.94 Å². The van der Waals surface area contributed by atoms with Crippen molar-refractivity contribution >= 4 is 9.84 Å². The maximum absolute atomic E-state index is 12.2. The van der Waals surface area contributed by atoms with E-state index in [-0.39, 0.29) is 22.2 Å². The van der Waals surface area contributed by atoms with E-state index in [0.717, 1.165) is 6.42 Å². The fourth-order valence-corrected chi connectivity index (χ4v) is 2.65. The van der Waals surface area contributed by atoms with Crippen molar-refractivity contribution in [2.24, 2.45) is 0 Å². The quantitative estimate of drug-likeness (QED) is 0.834. The van der Waals surface area contributed by atoms with Gasteiger partial charge in [0, 0.05) is 11.8 Å². The van der Waals surface area contributed by atoms with Gasteiger partial charge in [-0.1, -0.05) is 32.9 Å². The number of nitrogens with zero attached hydrogens (tertiary/aromatic N) is 3. The third-order valence-electron chi connectivity index (χ3n) is 2.81. The molecule has 116 valence electrons. The van der Waals surface area contributed by atoms with E-state index in [2.05, 4.69) is 15.1 Å². The van der Waals surface area contributed by atoms with Crippen molar-refractivity contribution in [2.45, 2.75) is 56.9 Å². The average Bonchev–Trinajstić information content (AvgIpc) is 2.97. The normalized spacial score (nSPS) is 12.8. The summed E-state index contributed by atoms with van der Waals surface area (Å²) in [6, 6.07) is 0. The Morgan fingerprint density at radius 2 is 1.95 bits per heavy atom. The first-order chi connectivity index (χ1) is 9.72. The van der Waals surface area contributed by atoms with E-state index < -0.39 is 9.84 Å². The lowest BCUT2D eigenvalue weighted by Gasteiger charge is -2.12. The zero-order valence-corrected chi connectivity index (χ0v) is 13.4. The number of hydrogen-bond donors (Lipinski definition) is 0. The molecule has 0 N–H and O–H groups in total. The van der Waals surface area contributed by atoms with Gasteiger partial charge >= 0.3 is 5.22 Å². The predicted octanol–water partition coefficient (Wildman–Crippen LogP) is 2.28. The molecule has 0 radical (unpaired) electrons. The lowest BCUT2D eigenvalue weighted by Crippen LogP contribution is -2.13. The van der Waals surface area contributed by atoms with E-state index in [1.54, 1.807) is 0 Å². The number of aryl methyl sites for hydroxylation is 1. The maximum atomic E-state index is 12.2. The van der Waals surface area contributed by atoms with Crippen molar-refractivity contribution in [3.8, 4) is 0 Å². The fraction of sp³-hybridized carbons (Fsp3) is 0.615. The fourth-order valence-electron chi connectivity index (χ4n) is 1.64. The third-order valence-corrected chi connectivity index (χ3v) is 4.17. The minimum Gasteiger partial charge on any atom is -0.436 e. The Bertz CT molecular complexity index is 710. The third kappa shape index (κ3) is 3.69. The molecule has 0 atom stereocenters. The van der Waals surface area contributed by atoms with Crippen LogP contribution in [0.3, 0.4) is 0 Å². The van der Waals surface area contributed by atoms with Gasteiger partial charge in [-0.2, -0.15) is 4.98 Å². The molecular formula is C13H19N3O4S. The van der Waals surface area contributed by atoms with Gasteiger partial charge in [0.05, 0.1) is 5.69 Å². The number of rotatable bonds is 5. The summed E-state index contributed by atoms with van der Waals surface area (Å²) in [7, 11) is -3.72. The second-order valence-corrected chi connectivity index (χ2v) is 7.73. The molecule has 0 fully saturated rings. The molecule has 0 saturated heterocycles. The molecule has 0 bridgehead atoms. The van der Waals surface area contributed by atoms with Crippen molar-refractivity contribution in [1.29, 1.82) is 0 Å². The van der Waals surface area contributed by atoms with E-state index >= 15 is 0 Å². The molecule has 21 heavy (non-hydrogen) atoms. The lowest BCUT2D eigenvalue weighted by atomic mass is 9.93. The first-order valence-electron chi connectivity index (χ1n) is 6.72. The zero-order valence-electron chi connectivity index (χ0n) is 12.6. The van der Waals surface area contributed by atoms with Gasteiger partial charge in [0.1, 0.15) is 12.0 Å². The van der Waals surface area contributed by atoms with E-state index in [1.807, 2.05) is 27.7 Å². The van der Waals surface area contributed by atoms with E-state index in [9.17, 15) is 8.42 Å². The molecule has 0 spiro atoms. The van der Waals surface area contributed by atoms with Crippen LogP contribution in [-0.4, -0.2) is 23.5 Å². The first-order valence-corrected chi connectivity index (χ1v) is 8.38. The molecule has 8 heteroatoms. The molecule has 0 aromatic carbocycles. The molecule has 2 aromatic rings. The van der Waals surface area contributed by atoms with E-state index in [1.165, 1.54) is 6.26 Å². The van der Waals surface area contributed by atoms with Crippen molar-refractivity contribution in [1.82, 2.24) is 15.1 Å². The van der Waals surface area contributed by atoms with Crippen LogP contribution < -0.4 is 0 Å². The van der Waals surface area contributed by atoms with Crippen LogP contribution in [0.15, 0.2) is 20.4 Å². The van der Waals surface area contributed by atoms with Crippen molar-refractivity contribution < 1.29 is 17.4 Å². The monoisotopic (exact) mass is 313 g/mol. The smallest absolute Gasteiger partial charge is 0.315 e. The Kier molecular flexibility index (Phi) is 4.18. The van der Waals surface area contributed by atoms with Crippen molar-refractivity contribution in [3.63, 3.8) is 0 Å². The molecule has 0 saturated carbocycles. The van der Waals surface area contributed by atoms with Gasteiger partial charge in [0.25, 0.3) is 0 Å².